The number of piperidine rings is 1. The number of aryl methyl sites for hydroxylation is 1. The van der Waals surface area contributed by atoms with E-state index in [9.17, 15) is 9.59 Å². The van der Waals surface area contributed by atoms with Crippen molar-refractivity contribution in [2.75, 3.05) is 25.5 Å². The van der Waals surface area contributed by atoms with Gasteiger partial charge in [0.1, 0.15) is 11.5 Å². The Kier molecular flexibility index (Phi) is 7.86. The molecule has 9 heteroatoms. The van der Waals surface area contributed by atoms with E-state index in [0.29, 0.717) is 40.8 Å². The zero-order chi connectivity index (χ0) is 27.4. The molecule has 0 bridgehead atoms. The molecule has 1 aliphatic heterocycles. The lowest BCUT2D eigenvalue weighted by atomic mass is 9.86. The summed E-state index contributed by atoms with van der Waals surface area (Å²) in [5.41, 5.74) is 4.22. The Morgan fingerprint density at radius 2 is 1.95 bits per heavy atom. The van der Waals surface area contributed by atoms with Crippen LogP contribution >= 0.6 is 0 Å². The molecule has 1 saturated heterocycles. The van der Waals surface area contributed by atoms with Crippen molar-refractivity contribution in [3.05, 3.63) is 70.4 Å². The molecule has 4 aromatic rings. The van der Waals surface area contributed by atoms with Gasteiger partial charge in [0.2, 0.25) is 11.8 Å². The highest BCUT2D eigenvalue weighted by molar-refractivity contribution is 5.95. The van der Waals surface area contributed by atoms with Crippen LogP contribution in [0.2, 0.25) is 0 Å². The molecule has 0 spiro atoms. The highest BCUT2D eigenvalue weighted by Gasteiger charge is 2.24. The van der Waals surface area contributed by atoms with Crippen molar-refractivity contribution in [2.45, 2.75) is 51.9 Å². The number of fused-ring (bicyclic) bond motifs is 1. The van der Waals surface area contributed by atoms with Crippen molar-refractivity contribution in [1.82, 2.24) is 24.8 Å². The van der Waals surface area contributed by atoms with Crippen LogP contribution in [0.1, 0.15) is 56.1 Å². The van der Waals surface area contributed by atoms with E-state index in [4.69, 9.17) is 9.72 Å². The second-order valence-corrected chi connectivity index (χ2v) is 10.0. The Morgan fingerprint density at radius 3 is 2.69 bits per heavy atom. The molecular weight excluding hydrogens is 492 g/mol. The van der Waals surface area contributed by atoms with Crippen molar-refractivity contribution in [1.29, 1.82) is 0 Å². The summed E-state index contributed by atoms with van der Waals surface area (Å²) in [4.78, 5) is 43.4. The summed E-state index contributed by atoms with van der Waals surface area (Å²) in [6.07, 6.45) is 9.36. The van der Waals surface area contributed by atoms with Gasteiger partial charge in [-0.1, -0.05) is 19.4 Å². The quantitative estimate of drug-likeness (QED) is 0.319. The predicted molar refractivity (Wildman–Crippen MR) is 152 cm³/mol. The summed E-state index contributed by atoms with van der Waals surface area (Å²) in [5, 5.41) is 4.59. The summed E-state index contributed by atoms with van der Waals surface area (Å²) in [6.45, 7) is 5.85. The average Bonchev–Trinajstić information content (AvgIpc) is 2.96. The van der Waals surface area contributed by atoms with Gasteiger partial charge < -0.3 is 19.9 Å². The van der Waals surface area contributed by atoms with Crippen LogP contribution in [-0.4, -0.2) is 50.9 Å². The number of nitrogens with zero attached hydrogens (tertiary/aromatic N) is 4. The van der Waals surface area contributed by atoms with Gasteiger partial charge in [-0.3, -0.25) is 14.6 Å². The van der Waals surface area contributed by atoms with Crippen LogP contribution in [0.5, 0.6) is 5.88 Å². The monoisotopic (exact) mass is 526 g/mol. The van der Waals surface area contributed by atoms with E-state index >= 15 is 0 Å². The molecule has 0 aliphatic carbocycles. The number of pyridine rings is 2. The van der Waals surface area contributed by atoms with Gasteiger partial charge in [0.25, 0.3) is 5.56 Å². The van der Waals surface area contributed by atoms with Gasteiger partial charge >= 0.3 is 0 Å². The van der Waals surface area contributed by atoms with Gasteiger partial charge in [0, 0.05) is 31.4 Å². The maximum absolute atomic E-state index is 12.8. The summed E-state index contributed by atoms with van der Waals surface area (Å²) in [6, 6.07) is 9.95. The maximum atomic E-state index is 12.8. The van der Waals surface area contributed by atoms with Crippen molar-refractivity contribution in [3.63, 3.8) is 0 Å². The van der Waals surface area contributed by atoms with Crippen LogP contribution in [0.15, 0.2) is 53.7 Å². The number of rotatable bonds is 8. The van der Waals surface area contributed by atoms with Crippen LogP contribution < -0.4 is 15.6 Å². The lowest BCUT2D eigenvalue weighted by molar-refractivity contribution is -0.132. The number of anilines is 2. The summed E-state index contributed by atoms with van der Waals surface area (Å²) < 4.78 is 5.22. The SMILES string of the molecule is CCCCC(=O)N1CCC(c2ccc(Nc3nc(-c4cncc(OC)n4)cc4cc[nH]c(=O)c34)cc2C)CC1. The largest absolute Gasteiger partial charge is 0.480 e. The number of hydrogen-bond donors (Lipinski definition) is 2. The molecule has 0 unspecified atom stereocenters. The minimum Gasteiger partial charge on any atom is -0.480 e. The third-order valence-corrected chi connectivity index (χ3v) is 7.40. The number of hydrogen-bond acceptors (Lipinski definition) is 7. The molecular formula is C30H34N6O3. The molecule has 1 aliphatic rings. The first-order valence-electron chi connectivity index (χ1n) is 13.5. The van der Waals surface area contributed by atoms with Crippen LogP contribution in [-0.2, 0) is 4.79 Å². The number of aromatic nitrogens is 4. The van der Waals surface area contributed by atoms with Crippen LogP contribution in [0.4, 0.5) is 11.5 Å². The molecule has 0 saturated carbocycles. The number of carbonyl (C=O) groups is 1. The zero-order valence-electron chi connectivity index (χ0n) is 22.7. The van der Waals surface area contributed by atoms with Gasteiger partial charge in [0.15, 0.2) is 0 Å². The van der Waals surface area contributed by atoms with Gasteiger partial charge in [0.05, 0.1) is 30.6 Å². The number of carbonyl (C=O) groups excluding carboxylic acids is 1. The second-order valence-electron chi connectivity index (χ2n) is 10.0. The third-order valence-electron chi connectivity index (χ3n) is 7.40. The number of unbranched alkanes of at least 4 members (excludes halogenated alkanes) is 1. The lowest BCUT2D eigenvalue weighted by Crippen LogP contribution is -2.37. The molecule has 4 heterocycles. The number of amides is 1. The van der Waals surface area contributed by atoms with E-state index in [1.807, 2.05) is 23.1 Å². The number of benzene rings is 1. The molecule has 39 heavy (non-hydrogen) atoms. The predicted octanol–water partition coefficient (Wildman–Crippen LogP) is 5.34. The van der Waals surface area contributed by atoms with E-state index < -0.39 is 0 Å². The van der Waals surface area contributed by atoms with Gasteiger partial charge in [-0.2, -0.15) is 0 Å². The number of likely N-dealkylation sites (tertiary alicyclic amines) is 1. The Labute approximate surface area is 227 Å². The average molecular weight is 527 g/mol. The van der Waals surface area contributed by atoms with E-state index in [0.717, 1.165) is 49.8 Å². The second kappa shape index (κ2) is 11.6. The Morgan fingerprint density at radius 1 is 1.13 bits per heavy atom. The molecule has 5 rings (SSSR count). The lowest BCUT2D eigenvalue weighted by Gasteiger charge is -2.33. The first-order valence-corrected chi connectivity index (χ1v) is 13.5. The smallest absolute Gasteiger partial charge is 0.259 e. The van der Waals surface area contributed by atoms with Crippen LogP contribution in [0.3, 0.4) is 0 Å². The fourth-order valence-corrected chi connectivity index (χ4v) is 5.28. The number of H-pyrrole nitrogens is 1. The molecule has 1 fully saturated rings. The first-order chi connectivity index (χ1) is 19.0. The summed E-state index contributed by atoms with van der Waals surface area (Å²) >= 11 is 0. The van der Waals surface area contributed by atoms with E-state index in [2.05, 4.69) is 46.2 Å². The number of ether oxygens (including phenoxy) is 1. The molecule has 202 valence electrons. The minimum absolute atomic E-state index is 0.223. The van der Waals surface area contributed by atoms with Crippen molar-refractivity contribution < 1.29 is 9.53 Å². The first kappa shape index (κ1) is 26.3. The normalized spacial score (nSPS) is 14.0. The van der Waals surface area contributed by atoms with Gasteiger partial charge in [-0.05, 0) is 72.9 Å². The van der Waals surface area contributed by atoms with E-state index in [1.54, 1.807) is 12.4 Å². The minimum atomic E-state index is -0.223. The fourth-order valence-electron chi connectivity index (χ4n) is 5.28. The van der Waals surface area contributed by atoms with Crippen molar-refractivity contribution >= 4 is 28.2 Å². The summed E-state index contributed by atoms with van der Waals surface area (Å²) in [7, 11) is 1.54. The van der Waals surface area contributed by atoms with E-state index in [1.165, 1.54) is 24.4 Å². The Bertz CT molecular complexity index is 1540. The van der Waals surface area contributed by atoms with Gasteiger partial charge in [-0.25, -0.2) is 9.97 Å². The number of methoxy groups -OCH3 is 1. The number of nitrogens with one attached hydrogen (secondary N) is 2. The van der Waals surface area contributed by atoms with Crippen LogP contribution in [0.25, 0.3) is 22.2 Å². The standard InChI is InChI=1S/C30H34N6O3/c1-4-5-6-27(37)36-13-10-20(11-14-36)23-8-7-22(15-19(23)2)33-29-28-21(9-12-32-30(28)38)16-24(35-29)25-17-31-18-26(34-25)39-3/h7-9,12,15-18,20H,4-6,10-11,13-14H2,1-3H3,(H,32,38)(H,33,35). The Balaban J connectivity index is 1.39. The van der Waals surface area contributed by atoms with Crippen molar-refractivity contribution in [3.8, 4) is 17.3 Å². The molecule has 1 aromatic carbocycles. The molecule has 0 atom stereocenters. The molecule has 9 nitrogen and oxygen atoms in total. The fraction of sp³-hybridized carbons (Fsp3) is 0.367. The molecule has 2 N–H and O–H groups in total. The maximum Gasteiger partial charge on any atom is 0.259 e. The third kappa shape index (κ3) is 5.77. The number of aromatic amines is 1. The van der Waals surface area contributed by atoms with Crippen molar-refractivity contribution in [2.24, 2.45) is 0 Å². The Hall–Kier alpha value is -4.27. The molecule has 0 radical (unpaired) electrons. The van der Waals surface area contributed by atoms with Gasteiger partial charge in [-0.15, -0.1) is 0 Å². The van der Waals surface area contributed by atoms with Crippen LogP contribution in [0, 0.1) is 6.92 Å². The zero-order valence-corrected chi connectivity index (χ0v) is 22.7. The summed E-state index contributed by atoms with van der Waals surface area (Å²) in [5.74, 6) is 1.53. The topological polar surface area (TPSA) is 113 Å². The highest BCUT2D eigenvalue weighted by atomic mass is 16.5. The molecule has 3 aromatic heterocycles. The highest BCUT2D eigenvalue weighted by Crippen LogP contribution is 2.33. The molecule has 1 amide bonds. The van der Waals surface area contributed by atoms with E-state index in [-0.39, 0.29) is 11.5 Å².